The van der Waals surface area contributed by atoms with Gasteiger partial charge in [-0.25, -0.2) is 0 Å². The Hall–Kier alpha value is -0.680. The van der Waals surface area contributed by atoms with Gasteiger partial charge in [-0.2, -0.15) is 0 Å². The van der Waals surface area contributed by atoms with Crippen LogP contribution in [0, 0.1) is 11.8 Å². The molecule has 3 aliphatic heterocycles. The van der Waals surface area contributed by atoms with Crippen molar-refractivity contribution in [3.63, 3.8) is 0 Å². The van der Waals surface area contributed by atoms with Gasteiger partial charge in [0.1, 0.15) is 11.2 Å². The Balaban J connectivity index is 1.75. The maximum Gasteiger partial charge on any atom is 0.198 e. The highest BCUT2D eigenvalue weighted by molar-refractivity contribution is 5.21. The summed E-state index contributed by atoms with van der Waals surface area (Å²) in [7, 11) is 3.55. The van der Waals surface area contributed by atoms with Gasteiger partial charge in [-0.15, -0.1) is 0 Å². The molecule has 0 radical (unpaired) electrons. The fourth-order valence-corrected chi connectivity index (χ4v) is 6.18. The molecule has 146 valence electrons. The first kappa shape index (κ1) is 18.7. The molecule has 0 aromatic rings. The Morgan fingerprint density at radius 3 is 1.46 bits per heavy atom. The molecule has 2 spiro atoms. The third-order valence-corrected chi connectivity index (χ3v) is 7.92. The third kappa shape index (κ3) is 2.22. The molecule has 0 unspecified atom stereocenters. The highest BCUT2D eigenvalue weighted by atomic mass is 16.8. The van der Waals surface area contributed by atoms with Gasteiger partial charge in [0.15, 0.2) is 11.6 Å². The molecule has 4 heteroatoms. The van der Waals surface area contributed by atoms with Gasteiger partial charge in [0.25, 0.3) is 0 Å². The van der Waals surface area contributed by atoms with Gasteiger partial charge < -0.3 is 18.9 Å². The second-order valence-electron chi connectivity index (χ2n) is 9.18. The second-order valence-corrected chi connectivity index (χ2v) is 9.18. The van der Waals surface area contributed by atoms with Crippen molar-refractivity contribution < 1.29 is 18.9 Å². The summed E-state index contributed by atoms with van der Waals surface area (Å²) in [6, 6.07) is 0. The molecule has 3 heterocycles. The number of methoxy groups -OCH3 is 2. The fraction of sp³-hybridized carbons (Fsp3) is 0.818. The van der Waals surface area contributed by atoms with Crippen molar-refractivity contribution in [3.05, 3.63) is 24.3 Å². The van der Waals surface area contributed by atoms with Crippen LogP contribution in [0.15, 0.2) is 24.3 Å². The van der Waals surface area contributed by atoms with E-state index in [9.17, 15) is 0 Å². The highest BCUT2D eigenvalue weighted by Gasteiger charge is 2.76. The van der Waals surface area contributed by atoms with Crippen LogP contribution in [0.3, 0.4) is 0 Å². The van der Waals surface area contributed by atoms with E-state index in [1.807, 2.05) is 0 Å². The third-order valence-electron chi connectivity index (χ3n) is 7.92. The zero-order valence-electron chi connectivity index (χ0n) is 16.9. The quantitative estimate of drug-likeness (QED) is 0.677. The molecule has 2 aliphatic carbocycles. The molecule has 5 aliphatic rings. The monoisotopic (exact) mass is 362 g/mol. The Morgan fingerprint density at radius 1 is 0.769 bits per heavy atom. The van der Waals surface area contributed by atoms with Crippen LogP contribution >= 0.6 is 0 Å². The zero-order valence-corrected chi connectivity index (χ0v) is 16.9. The van der Waals surface area contributed by atoms with Crippen LogP contribution in [0.2, 0.25) is 0 Å². The summed E-state index contributed by atoms with van der Waals surface area (Å²) in [5, 5.41) is 0. The van der Waals surface area contributed by atoms with Crippen LogP contribution in [-0.4, -0.2) is 37.0 Å². The average molecular weight is 363 g/mol. The van der Waals surface area contributed by atoms with E-state index in [4.69, 9.17) is 18.9 Å². The molecule has 3 saturated heterocycles. The number of hydrogen-bond donors (Lipinski definition) is 0. The second kappa shape index (κ2) is 5.91. The summed E-state index contributed by atoms with van der Waals surface area (Å²) in [4.78, 5) is 0. The summed E-state index contributed by atoms with van der Waals surface area (Å²) in [6.07, 6.45) is 7.60. The Bertz CT molecular complexity index is 576. The minimum atomic E-state index is -0.689. The summed E-state index contributed by atoms with van der Waals surface area (Å²) < 4.78 is 26.2. The first-order valence-corrected chi connectivity index (χ1v) is 10.1. The molecule has 5 fully saturated rings. The van der Waals surface area contributed by atoms with E-state index in [1.54, 1.807) is 14.2 Å². The molecule has 26 heavy (non-hydrogen) atoms. The van der Waals surface area contributed by atoms with Crippen LogP contribution < -0.4 is 0 Å². The number of ether oxygens (including phenoxy) is 4. The maximum absolute atomic E-state index is 6.97. The topological polar surface area (TPSA) is 36.9 Å². The van der Waals surface area contributed by atoms with Gasteiger partial charge in [-0.3, -0.25) is 0 Å². The van der Waals surface area contributed by atoms with Gasteiger partial charge in [0, 0.05) is 27.1 Å². The Labute approximate surface area is 157 Å². The summed E-state index contributed by atoms with van der Waals surface area (Å²) in [5.41, 5.74) is 1.57. The molecule has 2 bridgehead atoms. The van der Waals surface area contributed by atoms with Gasteiger partial charge in [0.05, 0.1) is 0 Å². The number of allylic oxidation sites excluding steroid dienone is 2. The molecule has 5 rings (SSSR count). The average Bonchev–Trinajstić information content (AvgIpc) is 2.64. The molecule has 4 nitrogen and oxygen atoms in total. The lowest BCUT2D eigenvalue weighted by Gasteiger charge is -2.72. The van der Waals surface area contributed by atoms with Crippen LogP contribution in [0.25, 0.3) is 0 Å². The van der Waals surface area contributed by atoms with Crippen LogP contribution in [0.4, 0.5) is 0 Å². The number of fused-ring (bicyclic) bond motifs is 1. The van der Waals surface area contributed by atoms with E-state index in [2.05, 4.69) is 27.0 Å². The lowest BCUT2D eigenvalue weighted by Crippen LogP contribution is -2.82. The fourth-order valence-electron chi connectivity index (χ4n) is 6.18. The van der Waals surface area contributed by atoms with Crippen molar-refractivity contribution in [1.82, 2.24) is 0 Å². The van der Waals surface area contributed by atoms with E-state index < -0.39 is 22.8 Å². The van der Waals surface area contributed by atoms with Crippen LogP contribution in [0.1, 0.15) is 65.2 Å². The summed E-state index contributed by atoms with van der Waals surface area (Å²) >= 11 is 0. The summed E-state index contributed by atoms with van der Waals surface area (Å²) in [5.74, 6) is -0.539. The first-order chi connectivity index (χ1) is 12.3. The van der Waals surface area contributed by atoms with E-state index in [-0.39, 0.29) is 0 Å². The minimum Gasteiger partial charge on any atom is -0.351 e. The minimum absolute atomic E-state index is 0.420. The molecular weight excluding hydrogens is 328 g/mol. The summed E-state index contributed by atoms with van der Waals surface area (Å²) in [6.45, 7) is 12.6. The normalized spacial score (nSPS) is 50.0. The Morgan fingerprint density at radius 2 is 1.15 bits per heavy atom. The maximum atomic E-state index is 6.97. The molecule has 0 amide bonds. The number of hydrogen-bond acceptors (Lipinski definition) is 4. The standard InChI is InChI=1S/C22H34O4/c1-15(2)17-7-9-19-11-12-20(25-21(19,13-17)23-5)10-8-18(16(3)4)14-22(20,24-6)26-19/h17-18H,1,3,7-14H2,2,4-6H3/t17-,18-,19-,20-,21-,22-/m1/s1. The molecule has 6 atom stereocenters. The van der Waals surface area contributed by atoms with Crippen LogP contribution in [0.5, 0.6) is 0 Å². The predicted molar refractivity (Wildman–Crippen MR) is 101 cm³/mol. The lowest BCUT2D eigenvalue weighted by atomic mass is 9.59. The van der Waals surface area contributed by atoms with E-state index >= 15 is 0 Å². The van der Waals surface area contributed by atoms with Crippen molar-refractivity contribution in [2.75, 3.05) is 14.2 Å². The van der Waals surface area contributed by atoms with Crippen molar-refractivity contribution in [1.29, 1.82) is 0 Å². The molecule has 0 aromatic carbocycles. The zero-order chi connectivity index (χ0) is 18.8. The van der Waals surface area contributed by atoms with Crippen molar-refractivity contribution in [3.8, 4) is 0 Å². The van der Waals surface area contributed by atoms with Gasteiger partial charge in [0.2, 0.25) is 0 Å². The van der Waals surface area contributed by atoms with E-state index in [1.165, 1.54) is 11.1 Å². The lowest BCUT2D eigenvalue weighted by molar-refractivity contribution is -0.533. The largest absolute Gasteiger partial charge is 0.351 e. The first-order valence-electron chi connectivity index (χ1n) is 10.1. The van der Waals surface area contributed by atoms with E-state index in [0.29, 0.717) is 11.8 Å². The van der Waals surface area contributed by atoms with Crippen molar-refractivity contribution in [2.45, 2.75) is 88.0 Å². The predicted octanol–water partition coefficient (Wildman–Crippen LogP) is 4.74. The van der Waals surface area contributed by atoms with Gasteiger partial charge in [-0.05, 0) is 64.2 Å². The molecule has 2 saturated carbocycles. The van der Waals surface area contributed by atoms with Gasteiger partial charge in [-0.1, -0.05) is 24.3 Å². The number of rotatable bonds is 4. The Kier molecular flexibility index (Phi) is 4.24. The van der Waals surface area contributed by atoms with E-state index in [0.717, 1.165) is 51.4 Å². The van der Waals surface area contributed by atoms with Crippen molar-refractivity contribution in [2.24, 2.45) is 11.8 Å². The highest BCUT2D eigenvalue weighted by Crippen LogP contribution is 2.67. The molecular formula is C22H34O4. The van der Waals surface area contributed by atoms with Gasteiger partial charge >= 0.3 is 0 Å². The van der Waals surface area contributed by atoms with Crippen molar-refractivity contribution >= 4 is 0 Å². The SMILES string of the molecule is C=C(C)[C@@H]1CC[C@]23CC[C@@]4(CC[C@@H](C(=C)C)C[C@@]4(OC)O2)O[C@]3(OC)C1. The van der Waals surface area contributed by atoms with Crippen LogP contribution in [-0.2, 0) is 18.9 Å². The molecule has 0 N–H and O–H groups in total. The smallest absolute Gasteiger partial charge is 0.198 e. The molecule has 0 aromatic heterocycles.